The van der Waals surface area contributed by atoms with Gasteiger partial charge in [-0.15, -0.1) is 0 Å². The van der Waals surface area contributed by atoms with E-state index in [1.807, 2.05) is 0 Å². The molecule has 0 aromatic heterocycles. The summed E-state index contributed by atoms with van der Waals surface area (Å²) in [6.07, 6.45) is -0.355. The number of halogens is 4. The first kappa shape index (κ1) is 23.3. The maximum Gasteiger partial charge on any atom is 0.251 e. The van der Waals surface area contributed by atoms with Crippen LogP contribution in [0, 0.1) is 11.7 Å². The Morgan fingerprint density at radius 1 is 1.13 bits per heavy atom. The number of likely N-dealkylation sites (tertiary alicyclic amines) is 1. The number of carbonyl (C=O) groups is 1. The van der Waals surface area contributed by atoms with Gasteiger partial charge in [0.25, 0.3) is 6.43 Å². The highest BCUT2D eigenvalue weighted by Gasteiger charge is 2.33. The zero-order chi connectivity index (χ0) is 21.9. The fraction of sp³-hybridized carbons (Fsp3) is 0.632. The maximum absolute atomic E-state index is 13.3. The van der Waals surface area contributed by atoms with Crippen LogP contribution in [0.1, 0.15) is 25.7 Å². The Kier molecular flexibility index (Phi) is 7.65. The van der Waals surface area contributed by atoms with Crippen molar-refractivity contribution in [3.8, 4) is 0 Å². The van der Waals surface area contributed by atoms with Crippen LogP contribution >= 0.6 is 11.6 Å². The third-order valence-electron chi connectivity index (χ3n) is 5.68. The standard InChI is InChI=1S/C19H25ClF3N3O3S/c20-16-11-15(1-2-17(16)21)30(28,29)26-9-3-13(4-10-26)19(27)24-14-5-7-25(8-6-14)12-18(22)23/h1-2,11,13-14,18H,3-10,12H2,(H,24,27). The first-order valence-corrected chi connectivity index (χ1v) is 11.7. The number of carbonyl (C=O) groups excluding carboxylic acids is 1. The van der Waals surface area contributed by atoms with Crippen molar-refractivity contribution in [3.63, 3.8) is 0 Å². The van der Waals surface area contributed by atoms with E-state index in [0.29, 0.717) is 38.8 Å². The van der Waals surface area contributed by atoms with Crippen LogP contribution in [0.3, 0.4) is 0 Å². The third-order valence-corrected chi connectivity index (χ3v) is 7.87. The number of nitrogens with one attached hydrogen (secondary N) is 1. The summed E-state index contributed by atoms with van der Waals surface area (Å²) in [6.45, 7) is 1.16. The lowest BCUT2D eigenvalue weighted by atomic mass is 9.96. The highest BCUT2D eigenvalue weighted by atomic mass is 35.5. The van der Waals surface area contributed by atoms with Gasteiger partial charge in [0.15, 0.2) is 0 Å². The summed E-state index contributed by atoms with van der Waals surface area (Å²) in [4.78, 5) is 14.2. The number of benzene rings is 1. The van der Waals surface area contributed by atoms with Gasteiger partial charge in [-0.2, -0.15) is 4.31 Å². The summed E-state index contributed by atoms with van der Waals surface area (Å²) in [6, 6.07) is 3.23. The monoisotopic (exact) mass is 467 g/mol. The molecule has 0 saturated carbocycles. The first-order chi connectivity index (χ1) is 14.2. The minimum Gasteiger partial charge on any atom is -0.353 e. The van der Waals surface area contributed by atoms with Crippen LogP contribution in [0.2, 0.25) is 5.02 Å². The van der Waals surface area contributed by atoms with Gasteiger partial charge in [0.2, 0.25) is 15.9 Å². The van der Waals surface area contributed by atoms with Crippen molar-refractivity contribution < 1.29 is 26.4 Å². The Morgan fingerprint density at radius 3 is 2.33 bits per heavy atom. The molecule has 2 fully saturated rings. The lowest BCUT2D eigenvalue weighted by Crippen LogP contribution is -2.49. The minimum atomic E-state index is -3.81. The molecule has 2 aliphatic rings. The number of amides is 1. The van der Waals surface area contributed by atoms with Crippen LogP contribution in [0.4, 0.5) is 13.2 Å². The summed E-state index contributed by atoms with van der Waals surface area (Å²) < 4.78 is 65.0. The minimum absolute atomic E-state index is 0.0467. The third kappa shape index (κ3) is 5.66. The Bertz CT molecular complexity index is 856. The normalized spacial score (nSPS) is 20.6. The van der Waals surface area contributed by atoms with E-state index in [-0.39, 0.29) is 47.4 Å². The molecule has 0 bridgehead atoms. The van der Waals surface area contributed by atoms with E-state index in [0.717, 1.165) is 12.1 Å². The summed E-state index contributed by atoms with van der Waals surface area (Å²) >= 11 is 5.70. The summed E-state index contributed by atoms with van der Waals surface area (Å²) in [7, 11) is -3.81. The fourth-order valence-corrected chi connectivity index (χ4v) is 5.66. The molecule has 2 aliphatic heterocycles. The van der Waals surface area contributed by atoms with Gasteiger partial charge in [-0.05, 0) is 43.9 Å². The Hall–Kier alpha value is -1.36. The molecule has 1 aromatic carbocycles. The molecule has 0 radical (unpaired) electrons. The van der Waals surface area contributed by atoms with Crippen molar-refractivity contribution in [2.24, 2.45) is 5.92 Å². The van der Waals surface area contributed by atoms with E-state index < -0.39 is 22.3 Å². The largest absolute Gasteiger partial charge is 0.353 e. The number of hydrogen-bond donors (Lipinski definition) is 1. The van der Waals surface area contributed by atoms with E-state index in [1.165, 1.54) is 10.4 Å². The average molecular weight is 468 g/mol. The smallest absolute Gasteiger partial charge is 0.251 e. The van der Waals surface area contributed by atoms with Crippen molar-refractivity contribution in [2.75, 3.05) is 32.7 Å². The van der Waals surface area contributed by atoms with Crippen molar-refractivity contribution in [3.05, 3.63) is 29.0 Å². The molecule has 168 valence electrons. The molecule has 1 N–H and O–H groups in total. The summed E-state index contributed by atoms with van der Waals surface area (Å²) in [5, 5.41) is 2.72. The Labute approximate surface area is 179 Å². The van der Waals surface area contributed by atoms with E-state index in [2.05, 4.69) is 5.32 Å². The molecular weight excluding hydrogens is 443 g/mol. The summed E-state index contributed by atoms with van der Waals surface area (Å²) in [5.74, 6) is -1.11. The maximum atomic E-state index is 13.3. The SMILES string of the molecule is O=C(NC1CCN(CC(F)F)CC1)C1CCN(S(=O)(=O)c2ccc(F)c(Cl)c2)CC1. The van der Waals surface area contributed by atoms with E-state index in [4.69, 9.17) is 11.6 Å². The molecule has 0 spiro atoms. The number of piperidine rings is 2. The number of rotatable bonds is 6. The van der Waals surface area contributed by atoms with Crippen LogP contribution in [-0.4, -0.2) is 68.7 Å². The van der Waals surface area contributed by atoms with E-state index in [9.17, 15) is 26.4 Å². The Balaban J connectivity index is 1.49. The van der Waals surface area contributed by atoms with Gasteiger partial charge in [0.1, 0.15) is 5.82 Å². The van der Waals surface area contributed by atoms with Crippen LogP contribution in [0.5, 0.6) is 0 Å². The molecule has 3 rings (SSSR count). The molecule has 0 atom stereocenters. The zero-order valence-corrected chi connectivity index (χ0v) is 17.9. The second kappa shape index (κ2) is 9.84. The average Bonchev–Trinajstić information content (AvgIpc) is 2.71. The van der Waals surface area contributed by atoms with Gasteiger partial charge < -0.3 is 5.32 Å². The van der Waals surface area contributed by atoms with Crippen LogP contribution in [0.15, 0.2) is 23.1 Å². The summed E-state index contributed by atoms with van der Waals surface area (Å²) in [5.41, 5.74) is 0. The lowest BCUT2D eigenvalue weighted by molar-refractivity contribution is -0.127. The van der Waals surface area contributed by atoms with Gasteiger partial charge in [-0.1, -0.05) is 11.6 Å². The molecular formula is C19H25ClF3N3O3S. The van der Waals surface area contributed by atoms with Crippen LogP contribution in [0.25, 0.3) is 0 Å². The van der Waals surface area contributed by atoms with Gasteiger partial charge >= 0.3 is 0 Å². The molecule has 1 aromatic rings. The molecule has 30 heavy (non-hydrogen) atoms. The number of sulfonamides is 1. The van der Waals surface area contributed by atoms with Crippen molar-refractivity contribution in [2.45, 2.75) is 43.0 Å². The molecule has 0 unspecified atom stereocenters. The van der Waals surface area contributed by atoms with Gasteiger partial charge in [0, 0.05) is 38.1 Å². The molecule has 2 heterocycles. The Morgan fingerprint density at radius 2 is 1.77 bits per heavy atom. The number of alkyl halides is 2. The highest BCUT2D eigenvalue weighted by molar-refractivity contribution is 7.89. The van der Waals surface area contributed by atoms with Crippen LogP contribution in [-0.2, 0) is 14.8 Å². The fourth-order valence-electron chi connectivity index (χ4n) is 3.92. The molecule has 1 amide bonds. The van der Waals surface area contributed by atoms with Crippen LogP contribution < -0.4 is 5.32 Å². The van der Waals surface area contributed by atoms with Gasteiger partial charge in [-0.25, -0.2) is 21.6 Å². The van der Waals surface area contributed by atoms with Crippen molar-refractivity contribution in [1.82, 2.24) is 14.5 Å². The van der Waals surface area contributed by atoms with Crippen molar-refractivity contribution in [1.29, 1.82) is 0 Å². The van der Waals surface area contributed by atoms with Gasteiger partial charge in [-0.3, -0.25) is 9.69 Å². The number of nitrogens with zero attached hydrogens (tertiary/aromatic N) is 2. The lowest BCUT2D eigenvalue weighted by Gasteiger charge is -2.34. The van der Waals surface area contributed by atoms with E-state index >= 15 is 0 Å². The quantitative estimate of drug-likeness (QED) is 0.698. The molecule has 0 aliphatic carbocycles. The molecule has 11 heteroatoms. The predicted octanol–water partition coefficient (Wildman–Crippen LogP) is 2.73. The number of hydrogen-bond acceptors (Lipinski definition) is 4. The second-order valence-electron chi connectivity index (χ2n) is 7.73. The first-order valence-electron chi connectivity index (χ1n) is 9.93. The zero-order valence-electron chi connectivity index (χ0n) is 16.4. The van der Waals surface area contributed by atoms with Gasteiger partial charge in [0.05, 0.1) is 16.5 Å². The van der Waals surface area contributed by atoms with E-state index in [1.54, 1.807) is 4.90 Å². The predicted molar refractivity (Wildman–Crippen MR) is 107 cm³/mol. The highest BCUT2D eigenvalue weighted by Crippen LogP contribution is 2.27. The molecule has 6 nitrogen and oxygen atoms in total. The molecule has 2 saturated heterocycles. The van der Waals surface area contributed by atoms with Crippen molar-refractivity contribution >= 4 is 27.5 Å². The second-order valence-corrected chi connectivity index (χ2v) is 10.1. The topological polar surface area (TPSA) is 69.7 Å².